The van der Waals surface area contributed by atoms with E-state index in [1.807, 2.05) is 132 Å². The fraction of sp³-hybridized carbons (Fsp3) is 0.525. The second-order valence-corrected chi connectivity index (χ2v) is 31.6. The van der Waals surface area contributed by atoms with Gasteiger partial charge in [0.25, 0.3) is 29.4 Å². The Morgan fingerprint density at radius 1 is 0.612 bits per heavy atom. The van der Waals surface area contributed by atoms with E-state index in [-0.39, 0.29) is 159 Å². The van der Waals surface area contributed by atoms with E-state index >= 15 is 0 Å². The van der Waals surface area contributed by atoms with Crippen LogP contribution in [0, 0.1) is 38.5 Å². The zero-order chi connectivity index (χ0) is 63.7. The zero-order valence-electron chi connectivity index (χ0n) is 54.7. The number of carbonyl (C=O) groups excluding carboxylic acids is 5. The van der Waals surface area contributed by atoms with Crippen LogP contribution in [0.1, 0.15) is 207 Å². The molecule has 458 valence electrons. The summed E-state index contributed by atoms with van der Waals surface area (Å²) in [7, 11) is -1.19. The van der Waals surface area contributed by atoms with E-state index < -0.39 is 41.9 Å². The first-order chi connectivity index (χ1) is 38.0. The van der Waals surface area contributed by atoms with Crippen LogP contribution < -0.4 is 130 Å². The Labute approximate surface area is 631 Å². The summed E-state index contributed by atoms with van der Waals surface area (Å²) in [6.07, 6.45) is 1.52. The SMILES string of the molecule is CC1(C)OB(c2cc(C(=O)Cl)ccc2C(Br)Br)OC1(C)C.CC[C@@H](N(N)C(=O)c1cc(C)cc(C)c1)C(C)(C)C.CC[C@@H](N(NC(=O)c1ccc(C(Br)Br)c(B2OC(C)(C)C(C)(C)O2)c1)C(=O)c1cc(C)cc(C)c1)C(C)(C)C.O=CO[O-].[H-].[K+].[K+]. The summed E-state index contributed by atoms with van der Waals surface area (Å²) in [5.74, 6) is 5.36. The maximum absolute atomic E-state index is 13.9. The first-order valence-corrected chi connectivity index (χ1v) is 31.4. The minimum atomic E-state index is -0.652. The average Bonchev–Trinajstić information content (AvgIpc) is 1.89. The van der Waals surface area contributed by atoms with Crippen LogP contribution in [0.2, 0.25) is 0 Å². The number of hydrogen-bond acceptors (Lipinski definition) is 12. The first-order valence-electron chi connectivity index (χ1n) is 27.4. The van der Waals surface area contributed by atoms with E-state index in [9.17, 15) is 19.2 Å². The van der Waals surface area contributed by atoms with Crippen molar-refractivity contribution in [3.8, 4) is 0 Å². The predicted molar refractivity (Wildman–Crippen MR) is 347 cm³/mol. The van der Waals surface area contributed by atoms with Gasteiger partial charge in [0.2, 0.25) is 0 Å². The van der Waals surface area contributed by atoms with E-state index in [2.05, 4.69) is 129 Å². The number of rotatable bonds is 13. The van der Waals surface area contributed by atoms with Gasteiger partial charge in [-0.1, -0.05) is 166 Å². The van der Waals surface area contributed by atoms with Crippen molar-refractivity contribution in [3.05, 3.63) is 128 Å². The van der Waals surface area contributed by atoms with Crippen molar-refractivity contribution in [3.63, 3.8) is 0 Å². The summed E-state index contributed by atoms with van der Waals surface area (Å²) >= 11 is 19.8. The van der Waals surface area contributed by atoms with Gasteiger partial charge >= 0.3 is 117 Å². The van der Waals surface area contributed by atoms with Crippen molar-refractivity contribution in [1.29, 1.82) is 0 Å². The molecule has 0 saturated carbocycles. The first kappa shape index (κ1) is 82.8. The molecule has 85 heavy (non-hydrogen) atoms. The third kappa shape index (κ3) is 22.8. The molecule has 0 unspecified atom stereocenters. The summed E-state index contributed by atoms with van der Waals surface area (Å²) in [6.45, 7) is 40.3. The number of nitrogens with zero attached hydrogens (tertiary/aromatic N) is 2. The summed E-state index contributed by atoms with van der Waals surface area (Å²) in [4.78, 5) is 62.8. The Morgan fingerprint density at radius 3 is 1.22 bits per heavy atom. The monoisotopic (exact) mass is 1500 g/mol. The number of amides is 3. The van der Waals surface area contributed by atoms with Gasteiger partial charge in [0.05, 0.1) is 42.0 Å². The number of nitrogens with one attached hydrogen (secondary N) is 1. The van der Waals surface area contributed by atoms with Gasteiger partial charge in [0.15, 0.2) is 0 Å². The van der Waals surface area contributed by atoms with Gasteiger partial charge in [-0.15, -0.1) is 0 Å². The van der Waals surface area contributed by atoms with Gasteiger partial charge in [-0.05, 0) is 189 Å². The van der Waals surface area contributed by atoms with Crippen molar-refractivity contribution < 1.29 is 157 Å². The molecule has 3 N–H and O–H groups in total. The molecule has 6 rings (SSSR count). The number of halogens is 5. The molecule has 3 amide bonds. The molecule has 0 aromatic heterocycles. The van der Waals surface area contributed by atoms with E-state index in [4.69, 9.17) is 46.1 Å². The number of alkyl halides is 4. The normalized spacial score (nSPS) is 16.1. The number of hydrazine groups is 2. The zero-order valence-corrected chi connectivity index (χ0v) is 67.1. The molecule has 2 heterocycles. The molecule has 0 spiro atoms. The fourth-order valence-electron chi connectivity index (χ4n) is 9.64. The van der Waals surface area contributed by atoms with Crippen LogP contribution in [0.5, 0.6) is 0 Å². The van der Waals surface area contributed by atoms with Crippen molar-refractivity contribution >= 4 is 130 Å². The Morgan fingerprint density at radius 2 is 0.929 bits per heavy atom. The Kier molecular flexibility index (Phi) is 33.7. The van der Waals surface area contributed by atoms with Crippen LogP contribution in [-0.4, -0.2) is 88.2 Å². The smallest absolute Gasteiger partial charge is 1.00 e. The molecule has 0 radical (unpaired) electrons. The minimum absolute atomic E-state index is 0. The predicted octanol–water partition coefficient (Wildman–Crippen LogP) is 7.16. The molecule has 4 aromatic carbocycles. The van der Waals surface area contributed by atoms with E-state index in [1.54, 1.807) is 24.3 Å². The summed E-state index contributed by atoms with van der Waals surface area (Å²) < 4.78 is 24.5. The molecule has 24 heteroatoms. The van der Waals surface area contributed by atoms with Crippen LogP contribution in [0.25, 0.3) is 0 Å². The number of benzene rings is 4. The maximum atomic E-state index is 13.9. The minimum Gasteiger partial charge on any atom is -1.00 e. The number of nitrogens with two attached hydrogens (primary N) is 1. The second kappa shape index (κ2) is 34.6. The second-order valence-electron chi connectivity index (χ2n) is 25.1. The number of aryl methyl sites for hydroxylation is 4. The third-order valence-corrected chi connectivity index (χ3v) is 17.4. The van der Waals surface area contributed by atoms with Crippen molar-refractivity contribution in [1.82, 2.24) is 15.4 Å². The molecular formula is C61H85B2Br4ClK2N4O11. The van der Waals surface area contributed by atoms with E-state index in [0.717, 1.165) is 50.7 Å². The third-order valence-electron chi connectivity index (χ3n) is 15.2. The number of hydrogen-bond donors (Lipinski definition) is 2. The molecule has 2 atom stereocenters. The molecule has 2 saturated heterocycles. The van der Waals surface area contributed by atoms with Crippen LogP contribution in [0.3, 0.4) is 0 Å². The molecule has 2 aliphatic rings. The molecule has 2 fully saturated rings. The Bertz CT molecular complexity index is 2880. The van der Waals surface area contributed by atoms with E-state index in [0.29, 0.717) is 28.7 Å². The number of carbonyl (C=O) groups is 5. The molecule has 0 aliphatic carbocycles. The molecule has 15 nitrogen and oxygen atoms in total. The molecule has 4 aromatic rings. The van der Waals surface area contributed by atoms with Gasteiger partial charge in [0, 0.05) is 22.3 Å². The summed E-state index contributed by atoms with van der Waals surface area (Å²) in [6, 6.07) is 22.1. The van der Waals surface area contributed by atoms with Crippen LogP contribution in [0.4, 0.5) is 0 Å². The van der Waals surface area contributed by atoms with Crippen molar-refractivity contribution in [2.75, 3.05) is 0 Å². The Balaban J connectivity index is 0.00000130. The topological polar surface area (TPSA) is 199 Å². The van der Waals surface area contributed by atoms with Gasteiger partial charge < -0.3 is 30.2 Å². The standard InChI is InChI=1S/C30H41BBr2N2O4.C16H26N2O.C14H16BBr2ClO3.CH2O3.2K.H/c1-11-24(28(4,5)6)35(27(37)21-15-18(2)14-19(3)16-21)34-26(36)20-12-13-22(25(32)33)23(17-20)31-38-29(7,8)30(9,10)39-31;1-7-14(16(4,5)6)18(17)15(19)13-9-11(2)8-12(3)10-13;1-13(2)14(3,4)21-15(20-13)10-7-8(12(18)19)5-6-9(10)11(16)17;2-1-4-3;;;/h12-17,24-25H,11H2,1-10H3,(H,34,36);8-10,14H,7,17H2,1-6H3;5-7,11H,1-4H3;1,3H;;;/q;;;;2*+1;-1/p-1/t24-;14-;;;;;/m11...../s1. The van der Waals surface area contributed by atoms with Gasteiger partial charge in [0.1, 0.15) is 0 Å². The van der Waals surface area contributed by atoms with E-state index in [1.165, 1.54) is 10.0 Å². The van der Waals surface area contributed by atoms with Crippen molar-refractivity contribution in [2.24, 2.45) is 16.7 Å². The largest absolute Gasteiger partial charge is 1.00 e. The fourth-order valence-corrected chi connectivity index (χ4v) is 11.4. The average molecular weight is 1510 g/mol. The Hall–Kier alpha value is -0.197. The van der Waals surface area contributed by atoms with Crippen LogP contribution in [0.15, 0.2) is 72.8 Å². The maximum Gasteiger partial charge on any atom is 1.00 e. The van der Waals surface area contributed by atoms with Gasteiger partial charge in [-0.25, -0.2) is 10.9 Å². The van der Waals surface area contributed by atoms with Crippen molar-refractivity contribution in [2.45, 2.75) is 193 Å². The summed E-state index contributed by atoms with van der Waals surface area (Å²) in [5.41, 5.74) is 10.3. The van der Waals surface area contributed by atoms with Gasteiger partial charge in [-0.2, -0.15) is 0 Å². The van der Waals surface area contributed by atoms with Crippen LogP contribution in [-0.2, 0) is 28.3 Å². The summed E-state index contributed by atoms with van der Waals surface area (Å²) in [5, 5.41) is 10.8. The molecule has 2 aliphatic heterocycles. The van der Waals surface area contributed by atoms with Crippen LogP contribution >= 0.6 is 75.3 Å². The van der Waals surface area contributed by atoms with Gasteiger partial charge in [-0.3, -0.25) is 34.4 Å². The molecule has 0 bridgehead atoms. The quantitative estimate of drug-likeness (QED) is 0.0201. The molecular weight excluding hydrogens is 1420 g/mol.